The van der Waals surface area contributed by atoms with Crippen molar-refractivity contribution >= 4 is 10.8 Å². The highest BCUT2D eigenvalue weighted by molar-refractivity contribution is 5.81. The molecule has 0 saturated carbocycles. The minimum absolute atomic E-state index is 0.307. The molecule has 25 heavy (non-hydrogen) atoms. The molecule has 0 bridgehead atoms. The van der Waals surface area contributed by atoms with E-state index in [1.807, 2.05) is 52.0 Å². The van der Waals surface area contributed by atoms with Crippen LogP contribution in [0.3, 0.4) is 0 Å². The van der Waals surface area contributed by atoms with Crippen molar-refractivity contribution in [3.05, 3.63) is 46.5 Å². The van der Waals surface area contributed by atoms with Gasteiger partial charge in [-0.2, -0.15) is 0 Å². The van der Waals surface area contributed by atoms with Crippen molar-refractivity contribution in [3.8, 4) is 0 Å². The maximum atomic E-state index is 12.3. The van der Waals surface area contributed by atoms with Crippen molar-refractivity contribution in [3.63, 3.8) is 0 Å². The smallest absolute Gasteiger partial charge is 0.343 e. The van der Waals surface area contributed by atoms with Gasteiger partial charge in [0.2, 0.25) is 0 Å². The largest absolute Gasteiger partial charge is 0.424 e. The van der Waals surface area contributed by atoms with Gasteiger partial charge in [-0.05, 0) is 45.2 Å². The van der Waals surface area contributed by atoms with Gasteiger partial charge < -0.3 is 23.4 Å². The molecule has 2 aliphatic rings. The summed E-state index contributed by atoms with van der Waals surface area (Å²) in [5, 5.41) is 1.35. The first kappa shape index (κ1) is 16.7. The molecule has 2 aromatic rings. The van der Waals surface area contributed by atoms with Gasteiger partial charge in [-0.25, -0.2) is 4.79 Å². The number of ether oxygens (including phenoxy) is 4. The predicted molar refractivity (Wildman–Crippen MR) is 90.2 cm³/mol. The average molecular weight is 346 g/mol. The Labute approximate surface area is 145 Å². The SMILES string of the molecule is CC1(C)O[C@H]([C@H]2COC(C)(C)O2)[C@@H](c2cc3ccccc3c(=O)o2)O1. The minimum Gasteiger partial charge on any atom is -0.424 e. The molecule has 2 saturated heterocycles. The summed E-state index contributed by atoms with van der Waals surface area (Å²) >= 11 is 0. The molecule has 134 valence electrons. The zero-order valence-corrected chi connectivity index (χ0v) is 14.8. The number of hydrogen-bond acceptors (Lipinski definition) is 6. The Morgan fingerprint density at radius 3 is 2.48 bits per heavy atom. The first-order chi connectivity index (χ1) is 11.7. The van der Waals surface area contributed by atoms with Gasteiger partial charge in [0.15, 0.2) is 11.6 Å². The molecule has 1 aromatic carbocycles. The van der Waals surface area contributed by atoms with Crippen LogP contribution in [0.5, 0.6) is 0 Å². The lowest BCUT2D eigenvalue weighted by molar-refractivity contribution is -0.174. The Bertz CT molecular complexity index is 852. The molecule has 0 spiro atoms. The summed E-state index contributed by atoms with van der Waals surface area (Å²) in [5.74, 6) is -1.04. The van der Waals surface area contributed by atoms with Gasteiger partial charge >= 0.3 is 5.63 Å². The van der Waals surface area contributed by atoms with Gasteiger partial charge in [0, 0.05) is 0 Å². The number of hydrogen-bond donors (Lipinski definition) is 0. The Balaban J connectivity index is 1.73. The van der Waals surface area contributed by atoms with E-state index in [1.54, 1.807) is 6.07 Å². The van der Waals surface area contributed by atoms with Crippen LogP contribution in [0, 0.1) is 0 Å². The second-order valence-electron chi connectivity index (χ2n) is 7.41. The summed E-state index contributed by atoms with van der Waals surface area (Å²) in [7, 11) is 0. The van der Waals surface area contributed by atoms with Crippen molar-refractivity contribution in [2.24, 2.45) is 0 Å². The van der Waals surface area contributed by atoms with Gasteiger partial charge in [-0.15, -0.1) is 0 Å². The van der Waals surface area contributed by atoms with Crippen LogP contribution in [0.2, 0.25) is 0 Å². The third-order valence-electron chi connectivity index (χ3n) is 4.50. The molecule has 3 atom stereocenters. The molecule has 1 aromatic heterocycles. The second kappa shape index (κ2) is 5.64. The first-order valence-electron chi connectivity index (χ1n) is 8.44. The van der Waals surface area contributed by atoms with Crippen LogP contribution in [0.4, 0.5) is 0 Å². The molecular weight excluding hydrogens is 324 g/mol. The highest BCUT2D eigenvalue weighted by Gasteiger charge is 2.51. The molecule has 3 heterocycles. The first-order valence-corrected chi connectivity index (χ1v) is 8.44. The summed E-state index contributed by atoms with van der Waals surface area (Å²) in [6.07, 6.45) is -1.28. The third kappa shape index (κ3) is 3.11. The van der Waals surface area contributed by atoms with E-state index in [-0.39, 0.29) is 11.7 Å². The molecular formula is C19H22O6. The quantitative estimate of drug-likeness (QED) is 0.832. The Hall–Kier alpha value is -1.73. The number of fused-ring (bicyclic) bond motifs is 1. The van der Waals surface area contributed by atoms with Crippen LogP contribution in [0.1, 0.15) is 39.6 Å². The molecule has 6 heteroatoms. The van der Waals surface area contributed by atoms with E-state index in [2.05, 4.69) is 0 Å². The van der Waals surface area contributed by atoms with E-state index >= 15 is 0 Å². The molecule has 0 N–H and O–H groups in total. The van der Waals surface area contributed by atoms with E-state index < -0.39 is 23.8 Å². The fourth-order valence-electron chi connectivity index (χ4n) is 3.45. The second-order valence-corrected chi connectivity index (χ2v) is 7.41. The fraction of sp³-hybridized carbons (Fsp3) is 0.526. The zero-order chi connectivity index (χ0) is 17.8. The van der Waals surface area contributed by atoms with Crippen LogP contribution in [0.15, 0.2) is 39.5 Å². The van der Waals surface area contributed by atoms with Crippen molar-refractivity contribution in [2.45, 2.75) is 57.6 Å². The van der Waals surface area contributed by atoms with Crippen LogP contribution in [-0.4, -0.2) is 30.4 Å². The summed E-state index contributed by atoms with van der Waals surface area (Å²) in [5.41, 5.74) is -0.385. The Morgan fingerprint density at radius 1 is 1.00 bits per heavy atom. The summed E-state index contributed by atoms with van der Waals surface area (Å²) in [6.45, 7) is 7.78. The Morgan fingerprint density at radius 2 is 1.76 bits per heavy atom. The summed E-state index contributed by atoms with van der Waals surface area (Å²) in [6, 6.07) is 9.15. The van der Waals surface area contributed by atoms with E-state index in [0.29, 0.717) is 17.8 Å². The van der Waals surface area contributed by atoms with Crippen molar-refractivity contribution in [1.29, 1.82) is 0 Å². The van der Waals surface area contributed by atoms with E-state index in [9.17, 15) is 4.79 Å². The van der Waals surface area contributed by atoms with E-state index in [1.165, 1.54) is 0 Å². The van der Waals surface area contributed by atoms with Crippen molar-refractivity contribution in [2.75, 3.05) is 6.61 Å². The molecule has 2 fully saturated rings. The van der Waals surface area contributed by atoms with Crippen LogP contribution < -0.4 is 5.63 Å². The zero-order valence-electron chi connectivity index (χ0n) is 14.8. The van der Waals surface area contributed by atoms with Crippen molar-refractivity contribution in [1.82, 2.24) is 0 Å². The maximum Gasteiger partial charge on any atom is 0.343 e. The van der Waals surface area contributed by atoms with E-state index in [0.717, 1.165) is 5.39 Å². The lowest BCUT2D eigenvalue weighted by Crippen LogP contribution is -2.35. The summed E-state index contributed by atoms with van der Waals surface area (Å²) < 4.78 is 29.3. The van der Waals surface area contributed by atoms with E-state index in [4.69, 9.17) is 23.4 Å². The fourth-order valence-corrected chi connectivity index (χ4v) is 3.45. The number of benzene rings is 1. The summed E-state index contributed by atoms with van der Waals surface area (Å²) in [4.78, 5) is 12.3. The Kier molecular flexibility index (Phi) is 3.77. The lowest BCUT2D eigenvalue weighted by Gasteiger charge is -2.23. The van der Waals surface area contributed by atoms with Crippen LogP contribution >= 0.6 is 0 Å². The molecule has 0 amide bonds. The van der Waals surface area contributed by atoms with Crippen molar-refractivity contribution < 1.29 is 23.4 Å². The standard InChI is InChI=1S/C19H22O6/c1-18(2)21-10-14(23-18)16-15(24-19(3,4)25-16)13-9-11-7-5-6-8-12(11)17(20)22-13/h5-9,14-16H,10H2,1-4H3/t14-,15-,16-/m1/s1. The van der Waals surface area contributed by atoms with Gasteiger partial charge in [-0.1, -0.05) is 18.2 Å². The van der Waals surface area contributed by atoms with Gasteiger partial charge in [0.05, 0.1) is 12.0 Å². The van der Waals surface area contributed by atoms with Crippen LogP contribution in [0.25, 0.3) is 10.8 Å². The highest BCUT2D eigenvalue weighted by Crippen LogP contribution is 2.42. The topological polar surface area (TPSA) is 67.1 Å². The third-order valence-corrected chi connectivity index (χ3v) is 4.50. The normalized spacial score (nSPS) is 30.8. The average Bonchev–Trinajstić information content (AvgIpc) is 3.06. The lowest BCUT2D eigenvalue weighted by atomic mass is 10.0. The molecule has 0 radical (unpaired) electrons. The van der Waals surface area contributed by atoms with Gasteiger partial charge in [-0.3, -0.25) is 0 Å². The van der Waals surface area contributed by atoms with Crippen LogP contribution in [-0.2, 0) is 18.9 Å². The molecule has 2 aliphatic heterocycles. The van der Waals surface area contributed by atoms with Gasteiger partial charge in [0.1, 0.15) is 24.1 Å². The highest BCUT2D eigenvalue weighted by atomic mass is 16.8. The van der Waals surface area contributed by atoms with Gasteiger partial charge in [0.25, 0.3) is 0 Å². The predicted octanol–water partition coefficient (Wildman–Crippen LogP) is 3.14. The monoisotopic (exact) mass is 346 g/mol. The number of rotatable bonds is 2. The maximum absolute atomic E-state index is 12.3. The molecule has 6 nitrogen and oxygen atoms in total. The molecule has 0 aliphatic carbocycles. The molecule has 4 rings (SSSR count). The molecule has 0 unspecified atom stereocenters. The minimum atomic E-state index is -0.810.